The number of carbonyl (C=O) groups is 1. The first-order valence-corrected chi connectivity index (χ1v) is 5.73. The van der Waals surface area contributed by atoms with Gasteiger partial charge in [-0.15, -0.1) is 10.2 Å². The number of hydrogen-bond donors (Lipinski definition) is 0. The van der Waals surface area contributed by atoms with Gasteiger partial charge in [-0.3, -0.25) is 4.79 Å². The standard InChI is InChI=1S/C12H15N3O2/c1-3-10(16)9-5-6-15(7-9)8-12-14-13-11(4-2)17-12/h5-7H,3-4,8H2,1-2H3. The largest absolute Gasteiger partial charge is 0.423 e. The van der Waals surface area contributed by atoms with E-state index in [0.29, 0.717) is 24.7 Å². The van der Waals surface area contributed by atoms with E-state index in [-0.39, 0.29) is 5.78 Å². The van der Waals surface area contributed by atoms with Crippen molar-refractivity contribution in [3.8, 4) is 0 Å². The van der Waals surface area contributed by atoms with Gasteiger partial charge in [0.05, 0.1) is 0 Å². The zero-order valence-electron chi connectivity index (χ0n) is 10.0. The van der Waals surface area contributed by atoms with Crippen LogP contribution in [-0.2, 0) is 13.0 Å². The third-order valence-corrected chi connectivity index (χ3v) is 2.52. The molecule has 2 aromatic heterocycles. The molecule has 0 spiro atoms. The zero-order chi connectivity index (χ0) is 12.3. The minimum Gasteiger partial charge on any atom is -0.423 e. The van der Waals surface area contributed by atoms with Crippen LogP contribution in [0.3, 0.4) is 0 Å². The van der Waals surface area contributed by atoms with Crippen molar-refractivity contribution in [1.29, 1.82) is 0 Å². The van der Waals surface area contributed by atoms with E-state index in [2.05, 4.69) is 10.2 Å². The number of Topliss-reactive ketones (excluding diaryl/α,β-unsaturated/α-hetero) is 1. The Morgan fingerprint density at radius 3 is 2.76 bits per heavy atom. The molecule has 0 atom stereocenters. The average Bonchev–Trinajstić information content (AvgIpc) is 2.97. The maximum atomic E-state index is 11.5. The summed E-state index contributed by atoms with van der Waals surface area (Å²) in [5.41, 5.74) is 0.725. The lowest BCUT2D eigenvalue weighted by atomic mass is 10.2. The highest BCUT2D eigenvalue weighted by Crippen LogP contribution is 2.08. The van der Waals surface area contributed by atoms with Crippen molar-refractivity contribution in [2.75, 3.05) is 0 Å². The van der Waals surface area contributed by atoms with Crippen LogP contribution < -0.4 is 0 Å². The van der Waals surface area contributed by atoms with Crippen molar-refractivity contribution in [1.82, 2.24) is 14.8 Å². The lowest BCUT2D eigenvalue weighted by Gasteiger charge is -1.96. The number of ketones is 1. The number of hydrogen-bond acceptors (Lipinski definition) is 4. The van der Waals surface area contributed by atoms with Gasteiger partial charge in [-0.05, 0) is 6.07 Å². The fourth-order valence-corrected chi connectivity index (χ4v) is 1.56. The molecule has 90 valence electrons. The molecule has 0 saturated heterocycles. The van der Waals surface area contributed by atoms with Crippen molar-refractivity contribution >= 4 is 5.78 Å². The summed E-state index contributed by atoms with van der Waals surface area (Å²) < 4.78 is 7.28. The van der Waals surface area contributed by atoms with Gasteiger partial charge in [-0.2, -0.15) is 0 Å². The molecular weight excluding hydrogens is 218 g/mol. The smallest absolute Gasteiger partial charge is 0.236 e. The molecule has 0 bridgehead atoms. The fraction of sp³-hybridized carbons (Fsp3) is 0.417. The molecule has 0 aromatic carbocycles. The topological polar surface area (TPSA) is 60.9 Å². The number of nitrogens with zero attached hydrogens (tertiary/aromatic N) is 3. The molecule has 5 nitrogen and oxygen atoms in total. The van der Waals surface area contributed by atoms with Crippen molar-refractivity contribution in [3.05, 3.63) is 35.8 Å². The number of carbonyl (C=O) groups excluding carboxylic acids is 1. The summed E-state index contributed by atoms with van der Waals surface area (Å²) >= 11 is 0. The third-order valence-electron chi connectivity index (χ3n) is 2.52. The van der Waals surface area contributed by atoms with E-state index in [1.807, 2.05) is 36.9 Å². The quantitative estimate of drug-likeness (QED) is 0.742. The summed E-state index contributed by atoms with van der Waals surface area (Å²) in [6.45, 7) is 4.32. The van der Waals surface area contributed by atoms with E-state index in [9.17, 15) is 4.79 Å². The van der Waals surface area contributed by atoms with Gasteiger partial charge in [0.15, 0.2) is 5.78 Å². The van der Waals surface area contributed by atoms with Crippen LogP contribution in [-0.4, -0.2) is 20.5 Å². The molecule has 0 amide bonds. The predicted octanol–water partition coefficient (Wildman–Crippen LogP) is 2.07. The van der Waals surface area contributed by atoms with Crippen LogP contribution in [0.4, 0.5) is 0 Å². The molecule has 0 saturated carbocycles. The Balaban J connectivity index is 2.08. The summed E-state index contributed by atoms with van der Waals surface area (Å²) in [6.07, 6.45) is 4.91. The lowest BCUT2D eigenvalue weighted by Crippen LogP contribution is -1.98. The number of aromatic nitrogens is 3. The summed E-state index contributed by atoms with van der Waals surface area (Å²) in [7, 11) is 0. The Kier molecular flexibility index (Phi) is 3.37. The molecule has 0 N–H and O–H groups in total. The monoisotopic (exact) mass is 233 g/mol. The Bertz CT molecular complexity index is 513. The first-order valence-electron chi connectivity index (χ1n) is 5.73. The Morgan fingerprint density at radius 2 is 2.12 bits per heavy atom. The second-order valence-corrected chi connectivity index (χ2v) is 3.79. The summed E-state index contributed by atoms with van der Waals surface area (Å²) in [4.78, 5) is 11.5. The van der Waals surface area contributed by atoms with Crippen molar-refractivity contribution in [3.63, 3.8) is 0 Å². The maximum absolute atomic E-state index is 11.5. The van der Waals surface area contributed by atoms with Crippen LogP contribution in [0.15, 0.2) is 22.9 Å². The van der Waals surface area contributed by atoms with E-state index in [0.717, 1.165) is 12.0 Å². The van der Waals surface area contributed by atoms with Gasteiger partial charge < -0.3 is 8.98 Å². The molecule has 5 heteroatoms. The van der Waals surface area contributed by atoms with Gasteiger partial charge >= 0.3 is 0 Å². The molecule has 2 heterocycles. The molecule has 17 heavy (non-hydrogen) atoms. The van der Waals surface area contributed by atoms with Crippen molar-refractivity contribution in [2.24, 2.45) is 0 Å². The van der Waals surface area contributed by atoms with Gasteiger partial charge in [0.2, 0.25) is 11.8 Å². The first kappa shape index (κ1) is 11.6. The minimum atomic E-state index is 0.142. The molecule has 2 aromatic rings. The van der Waals surface area contributed by atoms with Crippen LogP contribution in [0.1, 0.15) is 42.4 Å². The average molecular weight is 233 g/mol. The van der Waals surface area contributed by atoms with E-state index < -0.39 is 0 Å². The lowest BCUT2D eigenvalue weighted by molar-refractivity contribution is 0.0988. The van der Waals surface area contributed by atoms with Crippen LogP contribution in [0.25, 0.3) is 0 Å². The highest BCUT2D eigenvalue weighted by Gasteiger charge is 2.08. The predicted molar refractivity (Wildman–Crippen MR) is 61.8 cm³/mol. The molecule has 0 unspecified atom stereocenters. The molecular formula is C12H15N3O2. The van der Waals surface area contributed by atoms with Gasteiger partial charge in [0, 0.05) is 30.8 Å². The maximum Gasteiger partial charge on any atom is 0.236 e. The normalized spacial score (nSPS) is 10.7. The molecule has 2 rings (SSSR count). The van der Waals surface area contributed by atoms with Gasteiger partial charge in [0.25, 0.3) is 0 Å². The van der Waals surface area contributed by atoms with Crippen LogP contribution in [0, 0.1) is 0 Å². The van der Waals surface area contributed by atoms with E-state index >= 15 is 0 Å². The third kappa shape index (κ3) is 2.61. The molecule has 0 aliphatic rings. The van der Waals surface area contributed by atoms with Crippen LogP contribution in [0.2, 0.25) is 0 Å². The molecule has 0 fully saturated rings. The molecule has 0 radical (unpaired) electrons. The van der Waals surface area contributed by atoms with Crippen LogP contribution in [0.5, 0.6) is 0 Å². The Labute approximate surface area is 99.5 Å². The van der Waals surface area contributed by atoms with E-state index in [4.69, 9.17) is 4.42 Å². The Morgan fingerprint density at radius 1 is 1.35 bits per heavy atom. The highest BCUT2D eigenvalue weighted by molar-refractivity contribution is 5.95. The first-order chi connectivity index (χ1) is 8.22. The van der Waals surface area contributed by atoms with E-state index in [1.165, 1.54) is 0 Å². The molecule has 0 aliphatic carbocycles. The summed E-state index contributed by atoms with van der Waals surface area (Å²) in [5.74, 6) is 1.34. The second-order valence-electron chi connectivity index (χ2n) is 3.79. The highest BCUT2D eigenvalue weighted by atomic mass is 16.4. The minimum absolute atomic E-state index is 0.142. The Hall–Kier alpha value is -1.91. The van der Waals surface area contributed by atoms with Crippen molar-refractivity contribution in [2.45, 2.75) is 33.2 Å². The zero-order valence-corrected chi connectivity index (χ0v) is 10.0. The van der Waals surface area contributed by atoms with Crippen LogP contribution >= 0.6 is 0 Å². The summed E-state index contributed by atoms with van der Waals surface area (Å²) in [5, 5.41) is 7.83. The van der Waals surface area contributed by atoms with Gasteiger partial charge in [-0.25, -0.2) is 0 Å². The number of aryl methyl sites for hydroxylation is 1. The van der Waals surface area contributed by atoms with Gasteiger partial charge in [0.1, 0.15) is 6.54 Å². The molecule has 0 aliphatic heterocycles. The van der Waals surface area contributed by atoms with Gasteiger partial charge in [-0.1, -0.05) is 13.8 Å². The van der Waals surface area contributed by atoms with Crippen molar-refractivity contribution < 1.29 is 9.21 Å². The second kappa shape index (κ2) is 4.95. The van der Waals surface area contributed by atoms with E-state index in [1.54, 1.807) is 0 Å². The fourth-order valence-electron chi connectivity index (χ4n) is 1.56. The SMILES string of the molecule is CCC(=O)c1ccn(Cc2nnc(CC)o2)c1. The summed E-state index contributed by atoms with van der Waals surface area (Å²) in [6, 6.07) is 1.81. The number of rotatable bonds is 5.